The van der Waals surface area contributed by atoms with Crippen LogP contribution in [0.3, 0.4) is 0 Å². The molecule has 7 heteroatoms. The lowest BCUT2D eigenvalue weighted by atomic mass is 10.2. The Bertz CT molecular complexity index is 562. The molecular formula is C16H24N4O3. The van der Waals surface area contributed by atoms with Crippen molar-refractivity contribution in [3.05, 3.63) is 18.2 Å². The summed E-state index contributed by atoms with van der Waals surface area (Å²) in [7, 11) is 5.30. The average molecular weight is 320 g/mol. The van der Waals surface area contributed by atoms with E-state index >= 15 is 0 Å². The van der Waals surface area contributed by atoms with Crippen LogP contribution in [-0.4, -0.2) is 62.1 Å². The molecule has 1 aromatic heterocycles. The topological polar surface area (TPSA) is 74.8 Å². The number of carbonyl (C=O) groups excluding carboxylic acids is 2. The standard InChI is InChI=1S/C16H24N4O3/c1-19(2)14-9-6-8-13(17-14)18-15(21)11-20-10-5-4-7-12(23-3)16(20)22/h6,8-9,12H,4-5,7,10-11H2,1-3H3,(H,17,18,21). The first-order valence-corrected chi connectivity index (χ1v) is 7.77. The van der Waals surface area contributed by atoms with Gasteiger partial charge < -0.3 is 19.9 Å². The van der Waals surface area contributed by atoms with E-state index < -0.39 is 6.10 Å². The zero-order valence-corrected chi connectivity index (χ0v) is 13.9. The lowest BCUT2D eigenvalue weighted by Gasteiger charge is -2.23. The summed E-state index contributed by atoms with van der Waals surface area (Å²) in [6.45, 7) is 0.601. The number of likely N-dealkylation sites (tertiary alicyclic amines) is 1. The number of rotatable bonds is 5. The second-order valence-corrected chi connectivity index (χ2v) is 5.80. The Labute approximate surface area is 136 Å². The van der Waals surface area contributed by atoms with E-state index in [9.17, 15) is 9.59 Å². The normalized spacial score (nSPS) is 18.5. The van der Waals surface area contributed by atoms with Crippen LogP contribution in [0.25, 0.3) is 0 Å². The lowest BCUT2D eigenvalue weighted by Crippen LogP contribution is -2.43. The third kappa shape index (κ3) is 4.66. The molecule has 1 atom stereocenters. The van der Waals surface area contributed by atoms with Gasteiger partial charge in [0.05, 0.1) is 6.54 Å². The smallest absolute Gasteiger partial charge is 0.252 e. The molecule has 1 N–H and O–H groups in total. The number of carbonyl (C=O) groups is 2. The molecule has 1 aliphatic rings. The molecule has 0 radical (unpaired) electrons. The Morgan fingerprint density at radius 1 is 1.43 bits per heavy atom. The molecule has 2 rings (SSSR count). The van der Waals surface area contributed by atoms with Crippen LogP contribution in [0.15, 0.2) is 18.2 Å². The Morgan fingerprint density at radius 2 is 2.22 bits per heavy atom. The quantitative estimate of drug-likeness (QED) is 0.880. The fourth-order valence-corrected chi connectivity index (χ4v) is 2.54. The first kappa shape index (κ1) is 17.2. The van der Waals surface area contributed by atoms with Crippen molar-refractivity contribution >= 4 is 23.5 Å². The van der Waals surface area contributed by atoms with Crippen LogP contribution >= 0.6 is 0 Å². The maximum absolute atomic E-state index is 12.3. The molecule has 0 aliphatic carbocycles. The van der Waals surface area contributed by atoms with E-state index in [2.05, 4.69) is 10.3 Å². The van der Waals surface area contributed by atoms with Crippen LogP contribution in [0, 0.1) is 0 Å². The van der Waals surface area contributed by atoms with Gasteiger partial charge in [-0.05, 0) is 31.4 Å². The van der Waals surface area contributed by atoms with E-state index in [0.717, 1.165) is 18.7 Å². The van der Waals surface area contributed by atoms with Crippen molar-refractivity contribution in [3.63, 3.8) is 0 Å². The fourth-order valence-electron chi connectivity index (χ4n) is 2.54. The van der Waals surface area contributed by atoms with Gasteiger partial charge in [0.1, 0.15) is 17.7 Å². The fraction of sp³-hybridized carbons (Fsp3) is 0.562. The summed E-state index contributed by atoms with van der Waals surface area (Å²) in [6.07, 6.45) is 2.07. The number of nitrogens with zero attached hydrogens (tertiary/aromatic N) is 3. The summed E-state index contributed by atoms with van der Waals surface area (Å²) in [5, 5.41) is 2.75. The summed E-state index contributed by atoms with van der Waals surface area (Å²) in [6, 6.07) is 5.42. The first-order valence-electron chi connectivity index (χ1n) is 7.77. The molecule has 0 spiro atoms. The Kier molecular flexibility index (Phi) is 5.92. The molecule has 23 heavy (non-hydrogen) atoms. The number of methoxy groups -OCH3 is 1. The number of nitrogens with one attached hydrogen (secondary N) is 1. The summed E-state index contributed by atoms with van der Waals surface area (Å²) in [4.78, 5) is 32.3. The van der Waals surface area contributed by atoms with E-state index in [0.29, 0.717) is 18.8 Å². The van der Waals surface area contributed by atoms with Crippen LogP contribution in [0.4, 0.5) is 11.6 Å². The van der Waals surface area contributed by atoms with Gasteiger partial charge in [0.2, 0.25) is 5.91 Å². The molecule has 1 aliphatic heterocycles. The molecule has 0 aromatic carbocycles. The van der Waals surface area contributed by atoms with Crippen molar-refractivity contribution in [2.24, 2.45) is 0 Å². The van der Waals surface area contributed by atoms with Gasteiger partial charge in [-0.25, -0.2) is 4.98 Å². The molecule has 126 valence electrons. The number of anilines is 2. The molecule has 2 amide bonds. The van der Waals surface area contributed by atoms with Crippen molar-refractivity contribution in [1.82, 2.24) is 9.88 Å². The van der Waals surface area contributed by atoms with Crippen molar-refractivity contribution in [2.45, 2.75) is 25.4 Å². The van der Waals surface area contributed by atoms with Crippen molar-refractivity contribution < 1.29 is 14.3 Å². The largest absolute Gasteiger partial charge is 0.372 e. The van der Waals surface area contributed by atoms with Gasteiger partial charge >= 0.3 is 0 Å². The molecule has 1 unspecified atom stereocenters. The van der Waals surface area contributed by atoms with E-state index in [1.54, 1.807) is 11.0 Å². The minimum Gasteiger partial charge on any atom is -0.372 e. The van der Waals surface area contributed by atoms with Gasteiger partial charge in [-0.3, -0.25) is 9.59 Å². The van der Waals surface area contributed by atoms with Crippen LogP contribution in [0.5, 0.6) is 0 Å². The second-order valence-electron chi connectivity index (χ2n) is 5.80. The van der Waals surface area contributed by atoms with Gasteiger partial charge in [-0.2, -0.15) is 0 Å². The molecule has 0 saturated carbocycles. The highest BCUT2D eigenvalue weighted by Gasteiger charge is 2.28. The highest BCUT2D eigenvalue weighted by molar-refractivity contribution is 5.94. The monoisotopic (exact) mass is 320 g/mol. The minimum atomic E-state index is -0.444. The van der Waals surface area contributed by atoms with Crippen molar-refractivity contribution in [1.29, 1.82) is 0 Å². The summed E-state index contributed by atoms with van der Waals surface area (Å²) < 4.78 is 5.21. The molecule has 7 nitrogen and oxygen atoms in total. The summed E-state index contributed by atoms with van der Waals surface area (Å²) in [5.41, 5.74) is 0. The average Bonchev–Trinajstić information content (AvgIpc) is 2.69. The third-order valence-electron chi connectivity index (χ3n) is 3.81. The molecule has 1 fully saturated rings. The summed E-state index contributed by atoms with van der Waals surface area (Å²) >= 11 is 0. The zero-order valence-electron chi connectivity index (χ0n) is 13.9. The Hall–Kier alpha value is -2.15. The predicted octanol–water partition coefficient (Wildman–Crippen LogP) is 1.11. The maximum atomic E-state index is 12.3. The van der Waals surface area contributed by atoms with Gasteiger partial charge in [-0.15, -0.1) is 0 Å². The van der Waals surface area contributed by atoms with Gasteiger partial charge in [0.15, 0.2) is 0 Å². The minimum absolute atomic E-state index is 0.0204. The number of amides is 2. The number of hydrogen-bond acceptors (Lipinski definition) is 5. The molecule has 1 saturated heterocycles. The molecule has 0 bridgehead atoms. The number of aromatic nitrogens is 1. The van der Waals surface area contributed by atoms with Gasteiger partial charge in [-0.1, -0.05) is 6.07 Å². The van der Waals surface area contributed by atoms with E-state index in [4.69, 9.17) is 4.74 Å². The molecule has 1 aromatic rings. The van der Waals surface area contributed by atoms with E-state index in [1.807, 2.05) is 31.1 Å². The van der Waals surface area contributed by atoms with Crippen LogP contribution in [-0.2, 0) is 14.3 Å². The highest BCUT2D eigenvalue weighted by Crippen LogP contribution is 2.15. The first-order chi connectivity index (χ1) is 11.0. The van der Waals surface area contributed by atoms with Crippen molar-refractivity contribution in [3.8, 4) is 0 Å². The van der Waals surface area contributed by atoms with E-state index in [1.165, 1.54) is 7.11 Å². The maximum Gasteiger partial charge on any atom is 0.252 e. The molecule has 2 heterocycles. The lowest BCUT2D eigenvalue weighted by molar-refractivity contribution is -0.143. The number of ether oxygens (including phenoxy) is 1. The number of pyridine rings is 1. The van der Waals surface area contributed by atoms with Gasteiger partial charge in [0, 0.05) is 27.7 Å². The SMILES string of the molecule is COC1CCCCN(CC(=O)Nc2cccc(N(C)C)n2)C1=O. The molecular weight excluding hydrogens is 296 g/mol. The van der Waals surface area contributed by atoms with Crippen LogP contribution in [0.1, 0.15) is 19.3 Å². The number of hydrogen-bond donors (Lipinski definition) is 1. The zero-order chi connectivity index (χ0) is 16.8. The van der Waals surface area contributed by atoms with Gasteiger partial charge in [0.25, 0.3) is 5.91 Å². The Balaban J connectivity index is 1.98. The van der Waals surface area contributed by atoms with E-state index in [-0.39, 0.29) is 18.4 Å². The highest BCUT2D eigenvalue weighted by atomic mass is 16.5. The van der Waals surface area contributed by atoms with Crippen LogP contribution in [0.2, 0.25) is 0 Å². The Morgan fingerprint density at radius 3 is 2.91 bits per heavy atom. The van der Waals surface area contributed by atoms with Crippen LogP contribution < -0.4 is 10.2 Å². The second kappa shape index (κ2) is 7.92. The van der Waals surface area contributed by atoms with Crippen molar-refractivity contribution in [2.75, 3.05) is 44.5 Å². The summed E-state index contributed by atoms with van der Waals surface area (Å²) in [5.74, 6) is 0.869. The third-order valence-corrected chi connectivity index (χ3v) is 3.81. The predicted molar refractivity (Wildman–Crippen MR) is 88.4 cm³/mol.